The maximum Gasteiger partial charge on any atom is 0.405 e. The molecule has 1 fully saturated rings. The first kappa shape index (κ1) is 16.0. The number of rotatable bonds is 4. The van der Waals surface area contributed by atoms with Gasteiger partial charge in [0.25, 0.3) is 0 Å². The van der Waals surface area contributed by atoms with E-state index in [4.69, 9.17) is 5.11 Å². The van der Waals surface area contributed by atoms with Gasteiger partial charge in [0.15, 0.2) is 5.69 Å². The van der Waals surface area contributed by atoms with E-state index in [2.05, 4.69) is 9.97 Å². The molecule has 7 nitrogen and oxygen atoms in total. The third-order valence-corrected chi connectivity index (χ3v) is 3.20. The summed E-state index contributed by atoms with van der Waals surface area (Å²) in [4.78, 5) is 31.6. The van der Waals surface area contributed by atoms with E-state index >= 15 is 0 Å². The minimum absolute atomic E-state index is 0.206. The molecule has 1 aromatic heterocycles. The van der Waals surface area contributed by atoms with Crippen molar-refractivity contribution in [2.24, 2.45) is 5.92 Å². The van der Waals surface area contributed by atoms with Crippen molar-refractivity contribution in [1.82, 2.24) is 15.3 Å². The largest absolute Gasteiger partial charge is 0.476 e. The quantitative estimate of drug-likeness (QED) is 0.847. The van der Waals surface area contributed by atoms with Gasteiger partial charge in [-0.2, -0.15) is 13.2 Å². The first-order valence-electron chi connectivity index (χ1n) is 6.41. The van der Waals surface area contributed by atoms with Crippen molar-refractivity contribution in [2.75, 3.05) is 24.5 Å². The zero-order valence-corrected chi connectivity index (χ0v) is 11.3. The van der Waals surface area contributed by atoms with Crippen molar-refractivity contribution in [2.45, 2.75) is 12.6 Å². The van der Waals surface area contributed by atoms with E-state index in [1.165, 1.54) is 6.20 Å². The van der Waals surface area contributed by atoms with Crippen LogP contribution in [0, 0.1) is 5.92 Å². The summed E-state index contributed by atoms with van der Waals surface area (Å²) in [6.45, 7) is -0.703. The Labute approximate surface area is 123 Å². The predicted octanol–water partition coefficient (Wildman–Crippen LogP) is 0.680. The number of aromatic nitrogens is 2. The average molecular weight is 318 g/mol. The van der Waals surface area contributed by atoms with Crippen LogP contribution in [0.5, 0.6) is 0 Å². The molecule has 0 spiro atoms. The van der Waals surface area contributed by atoms with E-state index in [9.17, 15) is 22.8 Å². The first-order valence-corrected chi connectivity index (χ1v) is 6.41. The molecule has 1 aliphatic rings. The molecule has 0 aromatic carbocycles. The van der Waals surface area contributed by atoms with Gasteiger partial charge in [0.2, 0.25) is 5.91 Å². The highest BCUT2D eigenvalue weighted by atomic mass is 19.4. The van der Waals surface area contributed by atoms with E-state index in [-0.39, 0.29) is 12.2 Å². The number of anilines is 1. The normalized spacial score (nSPS) is 18.3. The Kier molecular flexibility index (Phi) is 4.48. The summed E-state index contributed by atoms with van der Waals surface area (Å²) in [7, 11) is 0. The number of hydrogen-bond acceptors (Lipinski definition) is 5. The maximum atomic E-state index is 12.1. The van der Waals surface area contributed by atoms with E-state index in [0.29, 0.717) is 18.8 Å². The molecule has 1 aliphatic heterocycles. The number of aromatic carboxylic acids is 1. The van der Waals surface area contributed by atoms with Gasteiger partial charge >= 0.3 is 12.1 Å². The fraction of sp³-hybridized carbons (Fsp3) is 0.500. The second-order valence-electron chi connectivity index (χ2n) is 4.83. The van der Waals surface area contributed by atoms with Crippen LogP contribution in [0.15, 0.2) is 12.4 Å². The Hall–Kier alpha value is -2.39. The number of alkyl halides is 3. The lowest BCUT2D eigenvalue weighted by Crippen LogP contribution is -2.38. The van der Waals surface area contributed by atoms with Gasteiger partial charge in [-0.15, -0.1) is 0 Å². The molecule has 2 heterocycles. The van der Waals surface area contributed by atoms with Crippen molar-refractivity contribution in [3.8, 4) is 0 Å². The summed E-state index contributed by atoms with van der Waals surface area (Å²) in [6, 6.07) is 0. The monoisotopic (exact) mass is 318 g/mol. The molecule has 0 aliphatic carbocycles. The Morgan fingerprint density at radius 1 is 1.36 bits per heavy atom. The van der Waals surface area contributed by atoms with Crippen molar-refractivity contribution in [1.29, 1.82) is 0 Å². The average Bonchev–Trinajstić information content (AvgIpc) is 2.94. The summed E-state index contributed by atoms with van der Waals surface area (Å²) >= 11 is 0. The summed E-state index contributed by atoms with van der Waals surface area (Å²) in [6.07, 6.45) is -1.69. The minimum Gasteiger partial charge on any atom is -0.476 e. The van der Waals surface area contributed by atoms with Crippen molar-refractivity contribution < 1.29 is 27.9 Å². The summed E-state index contributed by atoms with van der Waals surface area (Å²) in [5.74, 6) is -2.04. The number of nitrogens with zero attached hydrogens (tertiary/aromatic N) is 3. The van der Waals surface area contributed by atoms with Gasteiger partial charge in [-0.25, -0.2) is 14.8 Å². The molecule has 1 atom stereocenters. The molecule has 1 saturated heterocycles. The third-order valence-electron chi connectivity index (χ3n) is 3.20. The molecule has 10 heteroatoms. The van der Waals surface area contributed by atoms with E-state index in [1.807, 2.05) is 5.32 Å². The second-order valence-corrected chi connectivity index (χ2v) is 4.83. The third kappa shape index (κ3) is 4.06. The van der Waals surface area contributed by atoms with E-state index in [1.54, 1.807) is 4.90 Å². The van der Waals surface area contributed by atoms with Crippen LogP contribution in [0.4, 0.5) is 19.0 Å². The molecular formula is C12H13F3N4O3. The Morgan fingerprint density at radius 2 is 2.09 bits per heavy atom. The van der Waals surface area contributed by atoms with E-state index in [0.717, 1.165) is 6.20 Å². The fourth-order valence-corrected chi connectivity index (χ4v) is 2.11. The highest BCUT2D eigenvalue weighted by Gasteiger charge is 2.33. The second kappa shape index (κ2) is 6.16. The van der Waals surface area contributed by atoms with Crippen LogP contribution in [0.2, 0.25) is 0 Å². The summed E-state index contributed by atoms with van der Waals surface area (Å²) in [5, 5.41) is 10.6. The van der Waals surface area contributed by atoms with Crippen LogP contribution in [0.3, 0.4) is 0 Å². The van der Waals surface area contributed by atoms with Crippen LogP contribution >= 0.6 is 0 Å². The number of halogens is 3. The van der Waals surface area contributed by atoms with Crippen LogP contribution in [0.1, 0.15) is 16.9 Å². The summed E-state index contributed by atoms with van der Waals surface area (Å²) < 4.78 is 36.2. The number of amides is 1. The number of carboxylic acids is 1. The van der Waals surface area contributed by atoms with Gasteiger partial charge in [-0.05, 0) is 6.42 Å². The van der Waals surface area contributed by atoms with Gasteiger partial charge in [0, 0.05) is 13.1 Å². The Balaban J connectivity index is 1.92. The van der Waals surface area contributed by atoms with Crippen LogP contribution < -0.4 is 10.2 Å². The highest BCUT2D eigenvalue weighted by Crippen LogP contribution is 2.22. The van der Waals surface area contributed by atoms with E-state index < -0.39 is 30.5 Å². The molecule has 22 heavy (non-hydrogen) atoms. The topological polar surface area (TPSA) is 95.4 Å². The minimum atomic E-state index is -4.44. The molecule has 0 radical (unpaired) electrons. The molecule has 2 rings (SSSR count). The lowest BCUT2D eigenvalue weighted by molar-refractivity contribution is -0.140. The molecular weight excluding hydrogens is 305 g/mol. The van der Waals surface area contributed by atoms with Gasteiger partial charge in [0.05, 0.1) is 18.3 Å². The van der Waals surface area contributed by atoms with Gasteiger partial charge in [0.1, 0.15) is 12.4 Å². The molecule has 1 unspecified atom stereocenters. The number of nitrogens with one attached hydrogen (secondary N) is 1. The lowest BCUT2D eigenvalue weighted by Gasteiger charge is -2.17. The molecule has 0 bridgehead atoms. The smallest absolute Gasteiger partial charge is 0.405 e. The lowest BCUT2D eigenvalue weighted by atomic mass is 10.1. The SMILES string of the molecule is O=C(O)c1cnc(N2CCC(C(=O)NCC(F)(F)F)C2)cn1. The highest BCUT2D eigenvalue weighted by molar-refractivity contribution is 5.85. The van der Waals surface area contributed by atoms with Crippen LogP contribution in [-0.4, -0.2) is 52.8 Å². The predicted molar refractivity (Wildman–Crippen MR) is 68.4 cm³/mol. The number of carbonyl (C=O) groups excluding carboxylic acids is 1. The zero-order chi connectivity index (χ0) is 16.3. The Bertz CT molecular complexity index is 562. The van der Waals surface area contributed by atoms with Crippen molar-refractivity contribution in [3.05, 3.63) is 18.1 Å². The molecule has 0 saturated carbocycles. The van der Waals surface area contributed by atoms with Gasteiger partial charge < -0.3 is 15.3 Å². The van der Waals surface area contributed by atoms with Crippen molar-refractivity contribution in [3.63, 3.8) is 0 Å². The molecule has 2 N–H and O–H groups in total. The fourth-order valence-electron chi connectivity index (χ4n) is 2.11. The molecule has 1 amide bonds. The number of hydrogen-bond donors (Lipinski definition) is 2. The number of carboxylic acid groups (broad SMARTS) is 1. The molecule has 120 valence electrons. The first-order chi connectivity index (χ1) is 10.3. The Morgan fingerprint density at radius 3 is 2.64 bits per heavy atom. The van der Waals surface area contributed by atoms with Crippen molar-refractivity contribution >= 4 is 17.7 Å². The number of carbonyl (C=O) groups is 2. The maximum absolute atomic E-state index is 12.1. The standard InChI is InChI=1S/C12H13F3N4O3/c13-12(14,15)6-18-10(20)7-1-2-19(5-7)9-4-16-8(3-17-9)11(21)22/h3-4,7H,1-2,5-6H2,(H,18,20)(H,21,22). The zero-order valence-electron chi connectivity index (χ0n) is 11.3. The molecule has 1 aromatic rings. The van der Waals surface area contributed by atoms with Gasteiger partial charge in [-0.1, -0.05) is 0 Å². The van der Waals surface area contributed by atoms with Crippen LogP contribution in [-0.2, 0) is 4.79 Å². The van der Waals surface area contributed by atoms with Gasteiger partial charge in [-0.3, -0.25) is 4.79 Å². The summed E-state index contributed by atoms with van der Waals surface area (Å²) in [5.41, 5.74) is -0.206. The van der Waals surface area contributed by atoms with Crippen LogP contribution in [0.25, 0.3) is 0 Å².